The number of pyridine rings is 1. The molecule has 122 valence electrons. The summed E-state index contributed by atoms with van der Waals surface area (Å²) in [4.78, 5) is 20.6. The highest BCUT2D eigenvalue weighted by Gasteiger charge is 2.07. The Bertz CT molecular complexity index is 897. The first kappa shape index (κ1) is 16.0. The first-order valence-corrected chi connectivity index (χ1v) is 7.62. The summed E-state index contributed by atoms with van der Waals surface area (Å²) in [6.45, 7) is 0.153. The number of benzene rings is 1. The van der Waals surface area contributed by atoms with Crippen LogP contribution in [0.5, 0.6) is 5.75 Å². The van der Waals surface area contributed by atoms with E-state index in [-0.39, 0.29) is 12.3 Å². The lowest BCUT2D eigenvalue weighted by Crippen LogP contribution is -2.23. The van der Waals surface area contributed by atoms with E-state index in [0.29, 0.717) is 22.4 Å². The Hall–Kier alpha value is -2.86. The zero-order valence-corrected chi connectivity index (χ0v) is 13.7. The molecule has 0 saturated carbocycles. The van der Waals surface area contributed by atoms with Gasteiger partial charge in [-0.05, 0) is 30.3 Å². The number of ether oxygens (including phenoxy) is 1. The summed E-state index contributed by atoms with van der Waals surface area (Å²) < 4.78 is 6.99. The van der Waals surface area contributed by atoms with E-state index in [1.807, 2.05) is 0 Å². The second kappa shape index (κ2) is 7.14. The maximum Gasteiger partial charge on any atom is 0.255 e. The Kier molecular flexibility index (Phi) is 4.77. The van der Waals surface area contributed by atoms with Crippen LogP contribution in [-0.2, 0) is 7.05 Å². The highest BCUT2D eigenvalue weighted by molar-refractivity contribution is 6.30. The molecule has 0 unspecified atom stereocenters. The summed E-state index contributed by atoms with van der Waals surface area (Å²) in [5, 5.41) is 3.60. The largest absolute Gasteiger partial charge is 0.473 e. The summed E-state index contributed by atoms with van der Waals surface area (Å²) in [5.41, 5.74) is 1.23. The van der Waals surface area contributed by atoms with Crippen molar-refractivity contribution in [1.82, 2.24) is 14.5 Å². The zero-order valence-electron chi connectivity index (χ0n) is 12.9. The van der Waals surface area contributed by atoms with Crippen molar-refractivity contribution < 1.29 is 4.74 Å². The van der Waals surface area contributed by atoms with Crippen LogP contribution in [0.4, 0.5) is 5.95 Å². The van der Waals surface area contributed by atoms with Crippen LogP contribution < -0.4 is 15.6 Å². The van der Waals surface area contributed by atoms with Crippen molar-refractivity contribution >= 4 is 17.5 Å². The van der Waals surface area contributed by atoms with Crippen LogP contribution in [0.3, 0.4) is 0 Å². The molecule has 0 saturated heterocycles. The zero-order chi connectivity index (χ0) is 16.9. The third-order valence-corrected chi connectivity index (χ3v) is 3.61. The third kappa shape index (κ3) is 3.72. The van der Waals surface area contributed by atoms with Crippen molar-refractivity contribution in [2.75, 3.05) is 12.0 Å². The molecule has 0 spiro atoms. The maximum absolute atomic E-state index is 12.1. The number of halogens is 1. The Morgan fingerprint density at radius 3 is 2.75 bits per heavy atom. The molecule has 3 aromatic rings. The molecule has 0 amide bonds. The van der Waals surface area contributed by atoms with Gasteiger partial charge in [0.1, 0.15) is 5.75 Å². The van der Waals surface area contributed by atoms with E-state index in [0.717, 1.165) is 5.56 Å². The number of nitrogens with one attached hydrogen (secondary N) is 1. The molecule has 24 heavy (non-hydrogen) atoms. The summed E-state index contributed by atoms with van der Waals surface area (Å²) in [6.07, 6.45) is 3.31. The van der Waals surface area contributed by atoms with Crippen LogP contribution in [0.1, 0.15) is 0 Å². The topological polar surface area (TPSA) is 69.0 Å². The van der Waals surface area contributed by atoms with Crippen LogP contribution in [0.15, 0.2) is 59.7 Å². The molecule has 0 aliphatic rings. The summed E-state index contributed by atoms with van der Waals surface area (Å²) in [6, 6.07) is 12.2. The van der Waals surface area contributed by atoms with Gasteiger partial charge >= 0.3 is 0 Å². The molecule has 3 rings (SSSR count). The third-order valence-electron chi connectivity index (χ3n) is 3.38. The van der Waals surface area contributed by atoms with Crippen molar-refractivity contribution in [3.8, 4) is 17.0 Å². The van der Waals surface area contributed by atoms with Gasteiger partial charge in [0.05, 0.1) is 5.69 Å². The average Bonchev–Trinajstić information content (AvgIpc) is 2.59. The van der Waals surface area contributed by atoms with Crippen molar-refractivity contribution in [2.45, 2.75) is 0 Å². The number of hydrogen-bond donors (Lipinski definition) is 1. The van der Waals surface area contributed by atoms with Crippen molar-refractivity contribution in [3.05, 3.63) is 70.2 Å². The van der Waals surface area contributed by atoms with E-state index in [1.54, 1.807) is 55.8 Å². The van der Waals surface area contributed by atoms with E-state index >= 15 is 0 Å². The highest BCUT2D eigenvalue weighted by atomic mass is 35.5. The first-order chi connectivity index (χ1) is 11.6. The Balaban J connectivity index is 1.78. The van der Waals surface area contributed by atoms with Crippen molar-refractivity contribution in [2.24, 2.45) is 7.05 Å². The fraction of sp³-hybridized carbons (Fsp3) is 0.118. The maximum atomic E-state index is 12.1. The minimum Gasteiger partial charge on any atom is -0.473 e. The number of rotatable bonds is 5. The van der Waals surface area contributed by atoms with Crippen LogP contribution >= 0.6 is 11.6 Å². The highest BCUT2D eigenvalue weighted by Crippen LogP contribution is 2.18. The quantitative estimate of drug-likeness (QED) is 0.722. The van der Waals surface area contributed by atoms with Gasteiger partial charge in [0, 0.05) is 36.1 Å². The molecule has 7 heteroatoms. The number of anilines is 1. The van der Waals surface area contributed by atoms with Gasteiger partial charge in [-0.3, -0.25) is 14.3 Å². The van der Waals surface area contributed by atoms with Gasteiger partial charge in [-0.25, -0.2) is 4.98 Å². The normalized spacial score (nSPS) is 10.4. The lowest BCUT2D eigenvalue weighted by Gasteiger charge is -2.12. The van der Waals surface area contributed by atoms with Crippen molar-refractivity contribution in [1.29, 1.82) is 0 Å². The van der Waals surface area contributed by atoms with E-state index < -0.39 is 0 Å². The lowest BCUT2D eigenvalue weighted by molar-refractivity contribution is 0.345. The molecule has 2 heterocycles. The summed E-state index contributed by atoms with van der Waals surface area (Å²) in [5.74, 6) is 1.04. The van der Waals surface area contributed by atoms with E-state index in [4.69, 9.17) is 16.3 Å². The molecule has 0 aliphatic carbocycles. The van der Waals surface area contributed by atoms with Crippen LogP contribution in [0, 0.1) is 0 Å². The molecule has 0 bridgehead atoms. The van der Waals surface area contributed by atoms with Gasteiger partial charge in [-0.15, -0.1) is 0 Å². The first-order valence-electron chi connectivity index (χ1n) is 7.24. The molecule has 2 aromatic heterocycles. The fourth-order valence-corrected chi connectivity index (χ4v) is 2.29. The molecule has 0 atom stereocenters. The van der Waals surface area contributed by atoms with Gasteiger partial charge in [0.2, 0.25) is 5.95 Å². The standard InChI is InChI=1S/C17H15ClN4O2/c1-22-16(23)10-15(12-5-7-19-8-6-12)21-17(22)20-11-24-14-4-2-3-13(18)9-14/h2-10H,11H2,1H3,(H,20,21). The predicted molar refractivity (Wildman–Crippen MR) is 93.3 cm³/mol. The molecule has 0 fully saturated rings. The molecular weight excluding hydrogens is 328 g/mol. The minimum atomic E-state index is -0.165. The van der Waals surface area contributed by atoms with Gasteiger partial charge < -0.3 is 10.1 Å². The molecule has 6 nitrogen and oxygen atoms in total. The Morgan fingerprint density at radius 1 is 1.21 bits per heavy atom. The summed E-state index contributed by atoms with van der Waals surface area (Å²) >= 11 is 5.91. The number of hydrogen-bond acceptors (Lipinski definition) is 5. The minimum absolute atomic E-state index is 0.153. The molecule has 1 aromatic carbocycles. The van der Waals surface area contributed by atoms with E-state index in [9.17, 15) is 4.79 Å². The predicted octanol–water partition coefficient (Wildman–Crippen LogP) is 2.94. The van der Waals surface area contributed by atoms with E-state index in [1.165, 1.54) is 10.6 Å². The second-order valence-electron chi connectivity index (χ2n) is 5.02. The van der Waals surface area contributed by atoms with Crippen LogP contribution in [0.25, 0.3) is 11.3 Å². The van der Waals surface area contributed by atoms with Gasteiger partial charge in [0.25, 0.3) is 5.56 Å². The van der Waals surface area contributed by atoms with Crippen LogP contribution in [0.2, 0.25) is 5.02 Å². The molecular formula is C17H15ClN4O2. The Labute approximate surface area is 143 Å². The second-order valence-corrected chi connectivity index (χ2v) is 5.46. The van der Waals surface area contributed by atoms with Gasteiger partial charge in [-0.2, -0.15) is 0 Å². The van der Waals surface area contributed by atoms with Crippen molar-refractivity contribution in [3.63, 3.8) is 0 Å². The SMILES string of the molecule is Cn1c(NCOc2cccc(Cl)c2)nc(-c2ccncc2)cc1=O. The average molecular weight is 343 g/mol. The monoisotopic (exact) mass is 342 g/mol. The van der Waals surface area contributed by atoms with Gasteiger partial charge in [0.15, 0.2) is 6.73 Å². The molecule has 0 aliphatic heterocycles. The lowest BCUT2D eigenvalue weighted by atomic mass is 10.2. The Morgan fingerprint density at radius 2 is 2.00 bits per heavy atom. The number of nitrogens with zero attached hydrogens (tertiary/aromatic N) is 3. The van der Waals surface area contributed by atoms with Crippen LogP contribution in [-0.4, -0.2) is 21.3 Å². The fourth-order valence-electron chi connectivity index (χ4n) is 2.11. The summed E-state index contributed by atoms with van der Waals surface area (Å²) in [7, 11) is 1.65. The van der Waals surface area contributed by atoms with Gasteiger partial charge in [-0.1, -0.05) is 17.7 Å². The number of aromatic nitrogens is 3. The molecule has 1 N–H and O–H groups in total. The van der Waals surface area contributed by atoms with E-state index in [2.05, 4.69) is 15.3 Å². The molecule has 0 radical (unpaired) electrons. The smallest absolute Gasteiger partial charge is 0.255 e.